The lowest BCUT2D eigenvalue weighted by Gasteiger charge is -2.23. The number of rotatable bonds is 5. The molecule has 0 saturated carbocycles. The van der Waals surface area contributed by atoms with E-state index >= 15 is 0 Å². The zero-order valence-electron chi connectivity index (χ0n) is 11.9. The number of nitro groups is 1. The zero-order chi connectivity index (χ0) is 14.8. The predicted molar refractivity (Wildman–Crippen MR) is 79.4 cm³/mol. The topological polar surface area (TPSA) is 84.4 Å². The van der Waals surface area contributed by atoms with Gasteiger partial charge in [-0.25, -0.2) is 0 Å². The number of non-ortho nitro benzene ring substituents is 1. The van der Waals surface area contributed by atoms with Gasteiger partial charge in [-0.2, -0.15) is 4.98 Å². The summed E-state index contributed by atoms with van der Waals surface area (Å²) in [4.78, 5) is 17.1. The van der Waals surface area contributed by atoms with E-state index in [9.17, 15) is 10.1 Å². The molecule has 1 atom stereocenters. The molecule has 1 aliphatic rings. The second kappa shape index (κ2) is 5.69. The molecule has 1 aliphatic heterocycles. The first kappa shape index (κ1) is 13.8. The van der Waals surface area contributed by atoms with Gasteiger partial charge in [0.25, 0.3) is 11.7 Å². The molecule has 2 heterocycles. The van der Waals surface area contributed by atoms with Crippen molar-refractivity contribution in [2.75, 3.05) is 25.0 Å². The number of para-hydroxylation sites is 1. The normalized spacial score (nSPS) is 17.2. The Bertz CT molecular complexity index is 649. The van der Waals surface area contributed by atoms with E-state index in [2.05, 4.69) is 22.1 Å². The molecule has 1 saturated heterocycles. The lowest BCUT2D eigenvalue weighted by atomic mass is 10.3. The van der Waals surface area contributed by atoms with Crippen LogP contribution in [-0.4, -0.2) is 40.5 Å². The van der Waals surface area contributed by atoms with Gasteiger partial charge in [0.1, 0.15) is 0 Å². The van der Waals surface area contributed by atoms with Gasteiger partial charge in [0.05, 0.1) is 4.92 Å². The number of nitro benzene ring substituents is 1. The van der Waals surface area contributed by atoms with E-state index < -0.39 is 4.92 Å². The van der Waals surface area contributed by atoms with Crippen molar-refractivity contribution in [2.45, 2.75) is 25.8 Å². The molecule has 112 valence electrons. The molecule has 0 amide bonds. The Morgan fingerprint density at radius 2 is 2.24 bits per heavy atom. The number of nitrogens with one attached hydrogen (secondary N) is 1. The van der Waals surface area contributed by atoms with E-state index in [1.807, 2.05) is 0 Å². The van der Waals surface area contributed by atoms with Crippen molar-refractivity contribution in [3.05, 3.63) is 28.3 Å². The number of nitrogens with zero attached hydrogens (tertiary/aromatic N) is 3. The minimum Gasteiger partial charge on any atom is -0.423 e. The molecule has 1 aromatic carbocycles. The third-order valence-corrected chi connectivity index (χ3v) is 3.91. The van der Waals surface area contributed by atoms with Crippen molar-refractivity contribution in [1.29, 1.82) is 0 Å². The van der Waals surface area contributed by atoms with E-state index in [0.717, 1.165) is 13.1 Å². The summed E-state index contributed by atoms with van der Waals surface area (Å²) in [5.74, 6) is 0. The van der Waals surface area contributed by atoms with Crippen molar-refractivity contribution in [2.24, 2.45) is 0 Å². The number of likely N-dealkylation sites (tertiary alicyclic amines) is 1. The van der Waals surface area contributed by atoms with Gasteiger partial charge in [-0.1, -0.05) is 6.07 Å². The van der Waals surface area contributed by atoms with Gasteiger partial charge in [-0.05, 0) is 38.9 Å². The minimum absolute atomic E-state index is 0.0307. The maximum absolute atomic E-state index is 11.0. The second-order valence-corrected chi connectivity index (χ2v) is 5.37. The smallest absolute Gasteiger partial charge is 0.298 e. The summed E-state index contributed by atoms with van der Waals surface area (Å²) in [5.41, 5.74) is 0.691. The molecule has 0 bridgehead atoms. The highest BCUT2D eigenvalue weighted by Gasteiger charge is 2.20. The molecule has 1 N–H and O–H groups in total. The number of oxazole rings is 1. The van der Waals surface area contributed by atoms with E-state index in [4.69, 9.17) is 4.42 Å². The maximum Gasteiger partial charge on any atom is 0.298 e. The summed E-state index contributed by atoms with van der Waals surface area (Å²) in [6, 6.07) is 5.44. The molecule has 7 heteroatoms. The van der Waals surface area contributed by atoms with Crippen LogP contribution in [0, 0.1) is 10.1 Å². The molecule has 7 nitrogen and oxygen atoms in total. The first-order valence-corrected chi connectivity index (χ1v) is 7.17. The molecule has 3 rings (SSSR count). The summed E-state index contributed by atoms with van der Waals surface area (Å²) in [6.07, 6.45) is 2.50. The van der Waals surface area contributed by atoms with Crippen LogP contribution in [0.4, 0.5) is 11.7 Å². The molecular formula is C14H18N4O3. The number of hydrogen-bond donors (Lipinski definition) is 1. The lowest BCUT2D eigenvalue weighted by Crippen LogP contribution is -2.35. The Balaban J connectivity index is 1.72. The molecule has 0 radical (unpaired) electrons. The molecule has 0 aliphatic carbocycles. The Kier molecular flexibility index (Phi) is 3.74. The van der Waals surface area contributed by atoms with Gasteiger partial charge in [-0.15, -0.1) is 0 Å². The first-order chi connectivity index (χ1) is 10.1. The first-order valence-electron chi connectivity index (χ1n) is 7.17. The Labute approximate surface area is 122 Å². The summed E-state index contributed by atoms with van der Waals surface area (Å²) < 4.78 is 5.53. The molecule has 2 aromatic rings. The Hall–Kier alpha value is -2.15. The quantitative estimate of drug-likeness (QED) is 0.673. The van der Waals surface area contributed by atoms with Crippen molar-refractivity contribution in [1.82, 2.24) is 9.88 Å². The SMILES string of the molecule is CC(CNc1nc2c([N+](=O)[O-])cccc2o1)N1CCCC1. The third-order valence-electron chi connectivity index (χ3n) is 3.91. The summed E-state index contributed by atoms with van der Waals surface area (Å²) >= 11 is 0. The van der Waals surface area contributed by atoms with Crippen LogP contribution in [0.25, 0.3) is 11.1 Å². The molecule has 21 heavy (non-hydrogen) atoms. The van der Waals surface area contributed by atoms with Crippen LogP contribution in [0.2, 0.25) is 0 Å². The van der Waals surface area contributed by atoms with Gasteiger partial charge in [0.2, 0.25) is 0 Å². The van der Waals surface area contributed by atoms with E-state index in [-0.39, 0.29) is 5.69 Å². The lowest BCUT2D eigenvalue weighted by molar-refractivity contribution is -0.383. The molecule has 1 unspecified atom stereocenters. The zero-order valence-corrected chi connectivity index (χ0v) is 11.9. The van der Waals surface area contributed by atoms with E-state index in [1.165, 1.54) is 18.9 Å². The highest BCUT2D eigenvalue weighted by Crippen LogP contribution is 2.27. The van der Waals surface area contributed by atoms with Crippen LogP contribution >= 0.6 is 0 Å². The third kappa shape index (κ3) is 2.82. The fourth-order valence-electron chi connectivity index (χ4n) is 2.70. The van der Waals surface area contributed by atoms with Crippen LogP contribution in [0.3, 0.4) is 0 Å². The average molecular weight is 290 g/mol. The average Bonchev–Trinajstić information content (AvgIpc) is 3.12. The minimum atomic E-state index is -0.443. The molecular weight excluding hydrogens is 272 g/mol. The largest absolute Gasteiger partial charge is 0.423 e. The number of fused-ring (bicyclic) bond motifs is 1. The number of hydrogen-bond acceptors (Lipinski definition) is 6. The van der Waals surface area contributed by atoms with Gasteiger partial charge >= 0.3 is 0 Å². The second-order valence-electron chi connectivity index (χ2n) is 5.37. The molecule has 1 fully saturated rings. The van der Waals surface area contributed by atoms with E-state index in [1.54, 1.807) is 12.1 Å². The van der Waals surface area contributed by atoms with Crippen LogP contribution in [0.15, 0.2) is 22.6 Å². The van der Waals surface area contributed by atoms with Gasteiger partial charge in [0, 0.05) is 18.7 Å². The monoisotopic (exact) mass is 290 g/mol. The fraction of sp³-hybridized carbons (Fsp3) is 0.500. The van der Waals surface area contributed by atoms with Crippen LogP contribution in [0.5, 0.6) is 0 Å². The Morgan fingerprint density at radius 3 is 2.95 bits per heavy atom. The van der Waals surface area contributed by atoms with Crippen LogP contribution < -0.4 is 5.32 Å². The summed E-state index contributed by atoms with van der Waals surface area (Å²) in [5, 5.41) is 14.1. The predicted octanol–water partition coefficient (Wildman–Crippen LogP) is 2.63. The number of aromatic nitrogens is 1. The standard InChI is InChI=1S/C14H18N4O3/c1-10(17-7-2-3-8-17)9-15-14-16-13-11(18(19)20)5-4-6-12(13)21-14/h4-6,10H,2-3,7-9H2,1H3,(H,15,16). The number of benzene rings is 1. The van der Waals surface area contributed by atoms with Gasteiger partial charge in [-0.3, -0.25) is 15.0 Å². The van der Waals surface area contributed by atoms with Crippen molar-refractivity contribution in [3.8, 4) is 0 Å². The molecule has 1 aromatic heterocycles. The number of anilines is 1. The van der Waals surface area contributed by atoms with Crippen LogP contribution in [0.1, 0.15) is 19.8 Å². The van der Waals surface area contributed by atoms with Gasteiger partial charge < -0.3 is 9.73 Å². The highest BCUT2D eigenvalue weighted by molar-refractivity contribution is 5.83. The summed E-state index contributed by atoms with van der Waals surface area (Å²) in [7, 11) is 0. The fourth-order valence-corrected chi connectivity index (χ4v) is 2.70. The molecule has 0 spiro atoms. The van der Waals surface area contributed by atoms with Crippen LogP contribution in [-0.2, 0) is 0 Å². The van der Waals surface area contributed by atoms with E-state index in [0.29, 0.717) is 29.7 Å². The van der Waals surface area contributed by atoms with Crippen molar-refractivity contribution in [3.63, 3.8) is 0 Å². The Morgan fingerprint density at radius 1 is 1.48 bits per heavy atom. The summed E-state index contributed by atoms with van der Waals surface area (Å²) in [6.45, 7) is 5.12. The maximum atomic E-state index is 11.0. The van der Waals surface area contributed by atoms with Crippen molar-refractivity contribution >= 4 is 22.8 Å². The van der Waals surface area contributed by atoms with Gasteiger partial charge in [0.15, 0.2) is 11.1 Å². The highest BCUT2D eigenvalue weighted by atomic mass is 16.6. The van der Waals surface area contributed by atoms with Crippen molar-refractivity contribution < 1.29 is 9.34 Å².